The third-order valence-corrected chi connectivity index (χ3v) is 22.7. The Balaban J connectivity index is 0.000000176. The van der Waals surface area contributed by atoms with E-state index in [0.29, 0.717) is 59.5 Å². The summed E-state index contributed by atoms with van der Waals surface area (Å²) in [7, 11) is 0. The van der Waals surface area contributed by atoms with Crippen LogP contribution in [0.15, 0.2) is 152 Å². The molecule has 6 heterocycles. The summed E-state index contributed by atoms with van der Waals surface area (Å²) in [4.78, 5) is 85.2. The molecule has 3 N–H and O–H groups in total. The topological polar surface area (TPSA) is 286 Å². The number of carbonyl (C=O) groups excluding carboxylic acids is 3. The van der Waals surface area contributed by atoms with E-state index in [-0.39, 0.29) is 73.7 Å². The maximum Gasteiger partial charge on any atom is 2.00 e. The minimum absolute atomic E-state index is 0. The smallest absolute Gasteiger partial charge is 1.00 e. The predicted molar refractivity (Wildman–Crippen MR) is 458 cm³/mol. The molecular formula is C86H94Br5MgN7O17. The van der Waals surface area contributed by atoms with E-state index in [9.17, 15) is 44.0 Å². The van der Waals surface area contributed by atoms with Gasteiger partial charge in [-0.15, -0.1) is 0 Å². The summed E-state index contributed by atoms with van der Waals surface area (Å²) >= 11 is 13.3. The molecule has 612 valence electrons. The summed E-state index contributed by atoms with van der Waals surface area (Å²) in [5.41, 5.74) is 13.2. The number of allylic oxidation sites excluding steroid dienone is 2. The second-order valence-corrected chi connectivity index (χ2v) is 31.0. The standard InChI is InChI=1S/C20H26N2O3.C18H22N2O3.C17H21BrN2O3.C12H11BrO2.C10H7BrO2.C7H4BrNO4.C2H3.BrH.Mg/c1-2-25-20(23)17-13-16-5-6-22(8-7-21-9-11-24-12-10-21)19(16)18(14-17)15-3-4-15;21-18(22)15-11-14-3-4-20(6-5-19-7-9-23-10-8-19)17(14)16(12-15)13-1-2-13;1-2-23-17(21)14-11-13-3-4-20(16(13)15(18)12-14)6-5-19-7-9-22-10-8-19;1-2-15-12(14)9-6-8-4-3-5-10(8)11(13)7-9;11-9-5-7(10(12)13)4-6-2-1-3-8(6)9;8-5-3-4(7(10)11)1-2-6(5)9(12)13;1-2;;/h5-6,13-15H,2-4,7-12H2,1H3;3-4,11-13H,1-2,5-10H2,(H,21,22);3-4,11-12H,2,5-10H2,1H3;3-4,6-7H,2,5H2,1H3;1-2,4-5H,3H2,(H,12,13);1-3H,(H,10,11);1H,2H2;1H;/q;;;;;;-1;;+2/p-1. The number of carboxylic acids is 3. The van der Waals surface area contributed by atoms with Gasteiger partial charge in [0, 0.05) is 133 Å². The fraction of sp³-hybridized carbons (Fsp3) is 0.372. The van der Waals surface area contributed by atoms with Gasteiger partial charge >= 0.3 is 58.9 Å². The van der Waals surface area contributed by atoms with Gasteiger partial charge in [-0.05, 0) is 227 Å². The third kappa shape index (κ3) is 25.7. The SMILES string of the molecule is CCOC(=O)c1cc(Br)c2c(c1)C=CC2.CCOC(=O)c1cc(Br)c2c(ccn2CCN2CCOCC2)c1.CCOC(=O)c1cc(C2CC2)c2c(ccn2CCN2CCOCC2)c1.O=C(O)c1cc(Br)c2c(c1)C=CC2.O=C(O)c1cc(C2CC2)c2c(ccn2CCN2CCOCC2)c1.O=C(O)c1ccc([N+](=O)[O-])c(Br)c1.[Br-].[CH-]=C.[Mg+2]. The predicted octanol–water partition coefficient (Wildman–Crippen LogP) is 13.7. The van der Waals surface area contributed by atoms with Crippen molar-refractivity contribution < 1.29 is 94.4 Å². The zero-order valence-corrected chi connectivity index (χ0v) is 74.4. The molecule has 0 amide bonds. The number of esters is 3. The van der Waals surface area contributed by atoms with Crippen LogP contribution >= 0.6 is 63.7 Å². The van der Waals surface area contributed by atoms with Crippen molar-refractivity contribution in [3.05, 3.63) is 236 Å². The van der Waals surface area contributed by atoms with Crippen LogP contribution in [0.5, 0.6) is 0 Å². The van der Waals surface area contributed by atoms with Gasteiger partial charge in [0.1, 0.15) is 0 Å². The Hall–Kier alpha value is -7.69. The minimum Gasteiger partial charge on any atom is -1.00 e. The van der Waals surface area contributed by atoms with Crippen molar-refractivity contribution >= 4 is 173 Å². The molecule has 0 unspecified atom stereocenters. The Kier molecular flexibility index (Phi) is 37.2. The molecular weight excluding hydrogens is 1830 g/mol. The number of ether oxygens (including phenoxy) is 6. The van der Waals surface area contributed by atoms with Crippen molar-refractivity contribution in [3.8, 4) is 0 Å². The fourth-order valence-corrected chi connectivity index (χ4v) is 16.4. The van der Waals surface area contributed by atoms with Gasteiger partial charge in [-0.25, -0.2) is 28.8 Å². The maximum absolute atomic E-state index is 12.2. The zero-order chi connectivity index (χ0) is 81.5. The number of aromatic carboxylic acids is 3. The van der Waals surface area contributed by atoms with Crippen LogP contribution in [0.25, 0.3) is 44.9 Å². The van der Waals surface area contributed by atoms with Crippen LogP contribution in [0.2, 0.25) is 0 Å². The van der Waals surface area contributed by atoms with Gasteiger partial charge < -0.3 is 81.0 Å². The van der Waals surface area contributed by atoms with E-state index >= 15 is 0 Å². The van der Waals surface area contributed by atoms with E-state index in [1.54, 1.807) is 25.1 Å². The Morgan fingerprint density at radius 3 is 1.16 bits per heavy atom. The second-order valence-electron chi connectivity index (χ2n) is 27.6. The number of carbonyl (C=O) groups is 6. The first-order valence-electron chi connectivity index (χ1n) is 38.1. The van der Waals surface area contributed by atoms with E-state index in [2.05, 4.69) is 142 Å². The van der Waals surface area contributed by atoms with E-state index in [1.807, 2.05) is 80.6 Å². The van der Waals surface area contributed by atoms with Gasteiger partial charge in [-0.3, -0.25) is 31.4 Å². The first kappa shape index (κ1) is 93.8. The molecule has 3 saturated heterocycles. The molecule has 3 aromatic heterocycles. The summed E-state index contributed by atoms with van der Waals surface area (Å²) in [5.74, 6) is -2.47. The number of aromatic nitrogens is 3. The minimum atomic E-state index is -1.12. The second kappa shape index (κ2) is 46.0. The van der Waals surface area contributed by atoms with Crippen molar-refractivity contribution in [3.63, 3.8) is 0 Å². The summed E-state index contributed by atoms with van der Waals surface area (Å²) in [6, 6.07) is 28.2. The molecule has 24 nitrogen and oxygen atoms in total. The molecule has 30 heteroatoms. The third-order valence-electron chi connectivity index (χ3n) is 20.0. The number of hydrogen-bond acceptors (Lipinski definition) is 17. The molecule has 2 saturated carbocycles. The Labute approximate surface area is 734 Å². The van der Waals surface area contributed by atoms with Crippen molar-refractivity contribution in [1.29, 1.82) is 0 Å². The zero-order valence-electron chi connectivity index (χ0n) is 65.1. The molecule has 116 heavy (non-hydrogen) atoms. The fourth-order valence-electron chi connectivity index (χ4n) is 13.9. The molecule has 4 aliphatic carbocycles. The van der Waals surface area contributed by atoms with Crippen molar-refractivity contribution in [1.82, 2.24) is 28.4 Å². The van der Waals surface area contributed by atoms with Gasteiger partial charge in [-0.2, -0.15) is 0 Å². The van der Waals surface area contributed by atoms with Crippen LogP contribution < -0.4 is 17.0 Å². The van der Waals surface area contributed by atoms with E-state index in [0.717, 1.165) is 183 Å². The molecule has 9 aromatic rings. The summed E-state index contributed by atoms with van der Waals surface area (Å²) < 4.78 is 41.3. The average molecular weight is 1920 g/mol. The number of nitro benzene ring substituents is 1. The molecule has 6 aromatic carbocycles. The number of fused-ring (bicyclic) bond motifs is 5. The normalized spacial score (nSPS) is 15.2. The van der Waals surface area contributed by atoms with Gasteiger partial charge in [0.2, 0.25) is 0 Å². The van der Waals surface area contributed by atoms with Gasteiger partial charge in [0.25, 0.3) is 5.69 Å². The molecule has 0 radical (unpaired) electrons. The number of carboxylic acid groups (broad SMARTS) is 3. The van der Waals surface area contributed by atoms with Gasteiger partial charge in [0.15, 0.2) is 0 Å². The number of benzene rings is 6. The van der Waals surface area contributed by atoms with E-state index in [4.69, 9.17) is 38.6 Å². The first-order valence-corrected chi connectivity index (χ1v) is 41.2. The summed E-state index contributed by atoms with van der Waals surface area (Å²) in [6.07, 6.45) is 21.0. The molecule has 0 spiro atoms. The average Bonchev–Trinajstić information content (AvgIpc) is 1.62. The van der Waals surface area contributed by atoms with Crippen LogP contribution in [0.4, 0.5) is 5.69 Å². The number of morpholine rings is 3. The molecule has 0 bridgehead atoms. The molecule has 16 rings (SSSR count). The first-order chi connectivity index (χ1) is 55.1. The van der Waals surface area contributed by atoms with Crippen molar-refractivity contribution in [2.24, 2.45) is 0 Å². The Morgan fingerprint density at radius 2 is 0.784 bits per heavy atom. The van der Waals surface area contributed by atoms with Crippen LogP contribution in [-0.2, 0) is 60.9 Å². The van der Waals surface area contributed by atoms with Crippen molar-refractivity contribution in [2.75, 3.05) is 118 Å². The number of rotatable bonds is 21. The molecule has 7 aliphatic rings. The van der Waals surface area contributed by atoms with Gasteiger partial charge in [0.05, 0.1) is 119 Å². The summed E-state index contributed by atoms with van der Waals surface area (Å²) in [5, 5.41) is 40.2. The Morgan fingerprint density at radius 1 is 0.457 bits per heavy atom. The quantitative estimate of drug-likeness (QED) is 0.0150. The van der Waals surface area contributed by atoms with Crippen molar-refractivity contribution in [2.45, 2.75) is 90.8 Å². The summed E-state index contributed by atoms with van der Waals surface area (Å²) in [6.45, 7) is 30.5. The molecule has 5 fully saturated rings. The maximum atomic E-state index is 12.2. The molecule has 3 aliphatic heterocycles. The Bertz CT molecular complexity index is 5000. The monoisotopic (exact) mass is 1920 g/mol. The van der Waals surface area contributed by atoms with Crippen LogP contribution in [0.3, 0.4) is 0 Å². The molecule has 0 atom stereocenters. The van der Waals surface area contributed by atoms with E-state index < -0.39 is 22.8 Å². The number of halogens is 5. The largest absolute Gasteiger partial charge is 2.00 e. The van der Waals surface area contributed by atoms with Crippen LogP contribution in [0.1, 0.15) is 154 Å². The van der Waals surface area contributed by atoms with Gasteiger partial charge in [-0.1, -0.05) is 56.2 Å². The van der Waals surface area contributed by atoms with Crippen LogP contribution in [0, 0.1) is 16.7 Å². The van der Waals surface area contributed by atoms with Crippen LogP contribution in [-0.4, -0.2) is 226 Å². The number of nitro groups is 1. The number of nitrogens with zero attached hydrogens (tertiary/aromatic N) is 7. The van der Waals surface area contributed by atoms with E-state index in [1.165, 1.54) is 71.1 Å². The number of hydrogen-bond donors (Lipinski definition) is 3.